The summed E-state index contributed by atoms with van der Waals surface area (Å²) < 4.78 is 0. The smallest absolute Gasteiger partial charge is 0.329 e. The van der Waals surface area contributed by atoms with Crippen molar-refractivity contribution >= 4 is 40.8 Å². The number of fused-ring (bicyclic) bond motifs is 1. The summed E-state index contributed by atoms with van der Waals surface area (Å²) in [5.74, 6) is -4.15. The summed E-state index contributed by atoms with van der Waals surface area (Å²) in [6.45, 7) is 0. The van der Waals surface area contributed by atoms with Gasteiger partial charge in [0.25, 0.3) is 0 Å². The van der Waals surface area contributed by atoms with E-state index >= 15 is 0 Å². The van der Waals surface area contributed by atoms with Gasteiger partial charge in [0.2, 0.25) is 5.78 Å². The molecule has 0 saturated heterocycles. The van der Waals surface area contributed by atoms with Gasteiger partial charge in [-0.3, -0.25) is 19.4 Å². The third-order valence-corrected chi connectivity index (χ3v) is 3.49. The fraction of sp³-hybridized carbons (Fsp3) is 0.214. The number of alkyl halides is 1. The summed E-state index contributed by atoms with van der Waals surface area (Å²) in [4.78, 5) is 49.8. The Morgan fingerprint density at radius 1 is 1.18 bits per heavy atom. The van der Waals surface area contributed by atoms with Gasteiger partial charge in [-0.2, -0.15) is 0 Å². The highest BCUT2D eigenvalue weighted by Crippen LogP contribution is 2.24. The first kappa shape index (κ1) is 15.8. The number of benzene rings is 1. The van der Waals surface area contributed by atoms with E-state index in [0.717, 1.165) is 0 Å². The van der Waals surface area contributed by atoms with Crippen LogP contribution in [0.15, 0.2) is 29.3 Å². The van der Waals surface area contributed by atoms with Crippen molar-refractivity contribution in [3.8, 4) is 0 Å². The quantitative estimate of drug-likeness (QED) is 0.798. The van der Waals surface area contributed by atoms with E-state index < -0.39 is 47.1 Å². The third-order valence-electron chi connectivity index (χ3n) is 3.09. The number of carboxylic acids is 2. The van der Waals surface area contributed by atoms with E-state index in [9.17, 15) is 19.2 Å². The van der Waals surface area contributed by atoms with Crippen LogP contribution in [0.4, 0.5) is 0 Å². The van der Waals surface area contributed by atoms with E-state index in [1.165, 1.54) is 12.1 Å². The normalized spacial score (nSPS) is 20.6. The van der Waals surface area contributed by atoms with E-state index in [1.54, 1.807) is 12.1 Å². The van der Waals surface area contributed by atoms with E-state index in [2.05, 4.69) is 4.99 Å². The summed E-state index contributed by atoms with van der Waals surface area (Å²) >= 11 is 5.90. The molecule has 22 heavy (non-hydrogen) atoms. The fourth-order valence-electron chi connectivity index (χ4n) is 2.06. The highest BCUT2D eigenvalue weighted by atomic mass is 35.5. The number of hydrogen-bond acceptors (Lipinski definition) is 5. The predicted molar refractivity (Wildman–Crippen MR) is 75.9 cm³/mol. The average molecular weight is 324 g/mol. The van der Waals surface area contributed by atoms with Gasteiger partial charge in [0, 0.05) is 11.1 Å². The number of carbonyl (C=O) groups is 4. The number of carboxylic acid groups (broad SMARTS) is 2. The lowest BCUT2D eigenvalue weighted by atomic mass is 9.87. The maximum absolute atomic E-state index is 12.3. The first-order chi connectivity index (χ1) is 10.3. The number of nitrogens with zero attached hydrogens (tertiary/aromatic N) is 1. The van der Waals surface area contributed by atoms with Crippen molar-refractivity contribution in [3.05, 3.63) is 35.4 Å². The Kier molecular flexibility index (Phi) is 4.37. The van der Waals surface area contributed by atoms with Gasteiger partial charge in [-0.05, 0) is 0 Å². The molecule has 0 fully saturated rings. The molecule has 8 heteroatoms. The van der Waals surface area contributed by atoms with Crippen LogP contribution >= 0.6 is 11.6 Å². The molecule has 0 saturated carbocycles. The molecule has 7 nitrogen and oxygen atoms in total. The first-order valence-electron chi connectivity index (χ1n) is 6.17. The Labute approximate surface area is 129 Å². The lowest BCUT2D eigenvalue weighted by molar-refractivity contribution is -0.144. The van der Waals surface area contributed by atoms with Crippen LogP contribution in [-0.4, -0.2) is 50.8 Å². The zero-order chi connectivity index (χ0) is 16.4. The van der Waals surface area contributed by atoms with Gasteiger partial charge < -0.3 is 10.2 Å². The van der Waals surface area contributed by atoms with Gasteiger partial charge in [-0.1, -0.05) is 24.3 Å². The van der Waals surface area contributed by atoms with Crippen LogP contribution in [0.25, 0.3) is 0 Å². The molecule has 0 bridgehead atoms. The Bertz CT molecular complexity index is 711. The third kappa shape index (κ3) is 2.89. The number of Topliss-reactive ketones (excluding diaryl/α,β-unsaturated/α-hetero) is 2. The Morgan fingerprint density at radius 3 is 2.32 bits per heavy atom. The Morgan fingerprint density at radius 2 is 1.77 bits per heavy atom. The van der Waals surface area contributed by atoms with E-state index in [1.807, 2.05) is 0 Å². The number of ketones is 2. The highest BCUT2D eigenvalue weighted by Gasteiger charge is 2.38. The van der Waals surface area contributed by atoms with Gasteiger partial charge in [0.1, 0.15) is 11.1 Å². The van der Waals surface area contributed by atoms with Crippen LogP contribution in [-0.2, 0) is 9.59 Å². The van der Waals surface area contributed by atoms with Crippen molar-refractivity contribution in [2.24, 2.45) is 4.99 Å². The van der Waals surface area contributed by atoms with Crippen molar-refractivity contribution in [2.75, 3.05) is 0 Å². The Balaban J connectivity index is 2.49. The molecular formula is C14H10ClNO6. The molecule has 1 aliphatic carbocycles. The summed E-state index contributed by atoms with van der Waals surface area (Å²) in [5.41, 5.74) is -0.238. The van der Waals surface area contributed by atoms with Crippen molar-refractivity contribution in [1.29, 1.82) is 0 Å². The average Bonchev–Trinajstić information content (AvgIpc) is 2.47. The van der Waals surface area contributed by atoms with Crippen LogP contribution < -0.4 is 0 Å². The summed E-state index contributed by atoms with van der Waals surface area (Å²) in [6.07, 6.45) is -0.814. The van der Waals surface area contributed by atoms with Crippen molar-refractivity contribution in [1.82, 2.24) is 0 Å². The molecule has 0 heterocycles. The second-order valence-electron chi connectivity index (χ2n) is 4.57. The molecule has 0 radical (unpaired) electrons. The second-order valence-corrected chi connectivity index (χ2v) is 5.00. The Hall–Kier alpha value is -2.54. The van der Waals surface area contributed by atoms with Crippen molar-refractivity contribution in [2.45, 2.75) is 17.8 Å². The number of aliphatic imine (C=N–C) groups is 1. The minimum atomic E-state index is -1.68. The number of carbonyl (C=O) groups excluding carboxylic acids is 2. The van der Waals surface area contributed by atoms with Gasteiger partial charge in [0.05, 0.1) is 6.42 Å². The maximum Gasteiger partial charge on any atom is 0.329 e. The number of hydrogen-bond donors (Lipinski definition) is 2. The molecular weight excluding hydrogens is 314 g/mol. The van der Waals surface area contributed by atoms with Crippen molar-refractivity contribution in [3.63, 3.8) is 0 Å². The summed E-state index contributed by atoms with van der Waals surface area (Å²) in [5, 5.41) is 16.2. The van der Waals surface area contributed by atoms with Crippen LogP contribution in [0.1, 0.15) is 27.1 Å². The van der Waals surface area contributed by atoms with Gasteiger partial charge in [-0.15, -0.1) is 11.6 Å². The minimum Gasteiger partial charge on any atom is -0.481 e. The zero-order valence-electron chi connectivity index (χ0n) is 11.0. The molecule has 114 valence electrons. The summed E-state index contributed by atoms with van der Waals surface area (Å²) in [7, 11) is 0. The topological polar surface area (TPSA) is 121 Å². The van der Waals surface area contributed by atoms with Crippen LogP contribution in [0.2, 0.25) is 0 Å². The molecule has 2 rings (SSSR count). The van der Waals surface area contributed by atoms with Crippen LogP contribution in [0.3, 0.4) is 0 Å². The second kappa shape index (κ2) is 6.07. The molecule has 0 aromatic heterocycles. The van der Waals surface area contributed by atoms with Gasteiger partial charge in [-0.25, -0.2) is 4.79 Å². The predicted octanol–water partition coefficient (Wildman–Crippen LogP) is 1.04. The molecule has 2 unspecified atom stereocenters. The molecule has 0 aliphatic heterocycles. The lowest BCUT2D eigenvalue weighted by Crippen LogP contribution is -2.39. The molecule has 2 N–H and O–H groups in total. The van der Waals surface area contributed by atoms with E-state index in [0.29, 0.717) is 0 Å². The maximum atomic E-state index is 12.3. The molecule has 2 atom stereocenters. The van der Waals surface area contributed by atoms with Gasteiger partial charge in [0.15, 0.2) is 11.8 Å². The SMILES string of the molecule is O=C(O)CC(N=C1C(=O)c2ccccc2C(=O)C1Cl)C(=O)O. The molecule has 0 amide bonds. The summed E-state index contributed by atoms with van der Waals surface area (Å²) in [6, 6.07) is 4.27. The number of aliphatic carboxylic acids is 2. The molecule has 1 aromatic rings. The molecule has 0 spiro atoms. The largest absolute Gasteiger partial charge is 0.481 e. The molecule has 1 aromatic carbocycles. The standard InChI is InChI=1S/C14H10ClNO6/c15-10-11(16-8(14(21)22)5-9(17)18)13(20)7-4-2-1-3-6(7)12(10)19/h1-4,8,10H,5H2,(H,17,18)(H,21,22). The van der Waals surface area contributed by atoms with Gasteiger partial charge >= 0.3 is 11.9 Å². The van der Waals surface area contributed by atoms with E-state index in [-0.39, 0.29) is 11.1 Å². The molecule has 1 aliphatic rings. The first-order valence-corrected chi connectivity index (χ1v) is 6.61. The fourth-order valence-corrected chi connectivity index (χ4v) is 2.33. The van der Waals surface area contributed by atoms with Crippen LogP contribution in [0.5, 0.6) is 0 Å². The zero-order valence-corrected chi connectivity index (χ0v) is 11.8. The number of halogens is 1. The lowest BCUT2D eigenvalue weighted by Gasteiger charge is -2.20. The van der Waals surface area contributed by atoms with Crippen molar-refractivity contribution < 1.29 is 29.4 Å². The van der Waals surface area contributed by atoms with E-state index in [4.69, 9.17) is 21.8 Å². The minimum absolute atomic E-state index is 0.0719. The monoisotopic (exact) mass is 323 g/mol. The highest BCUT2D eigenvalue weighted by molar-refractivity contribution is 6.64. The number of rotatable bonds is 4. The van der Waals surface area contributed by atoms with Crippen LogP contribution in [0, 0.1) is 0 Å².